The minimum Gasteiger partial charge on any atom is -0.300 e. The first-order valence-electron chi connectivity index (χ1n) is 6.52. The molecule has 3 rings (SSSR count). The molecule has 3 nitrogen and oxygen atoms in total. The maximum absolute atomic E-state index is 12.1. The van der Waals surface area contributed by atoms with Gasteiger partial charge in [0.2, 0.25) is 0 Å². The van der Waals surface area contributed by atoms with Crippen LogP contribution in [-0.2, 0) is 4.79 Å². The average molecular weight is 428 g/mol. The summed E-state index contributed by atoms with van der Waals surface area (Å²) in [5.41, 5.74) is 1.45. The van der Waals surface area contributed by atoms with Gasteiger partial charge in [-0.25, -0.2) is 4.99 Å². The number of amidine groups is 1. The summed E-state index contributed by atoms with van der Waals surface area (Å²) in [6.07, 6.45) is 1.81. The second-order valence-corrected chi connectivity index (χ2v) is 7.34. The number of nitrogens with one attached hydrogen (secondary N) is 1. The zero-order chi connectivity index (χ0) is 16.4. The first-order chi connectivity index (χ1) is 11.0. The van der Waals surface area contributed by atoms with Gasteiger partial charge in [0.25, 0.3) is 5.91 Å². The molecule has 0 aliphatic carbocycles. The summed E-state index contributed by atoms with van der Waals surface area (Å²) in [6.45, 7) is 0. The smallest absolute Gasteiger partial charge is 0.264 e. The van der Waals surface area contributed by atoms with E-state index in [-0.39, 0.29) is 5.91 Å². The number of aliphatic imine (C=N–C) groups is 1. The topological polar surface area (TPSA) is 41.5 Å². The lowest BCUT2D eigenvalue weighted by Gasteiger charge is -2.00. The minimum absolute atomic E-state index is 0.188. The van der Waals surface area contributed by atoms with Crippen LogP contribution < -0.4 is 5.32 Å². The Bertz CT molecular complexity index is 852. The highest BCUT2D eigenvalue weighted by molar-refractivity contribution is 9.10. The molecule has 7 heteroatoms. The second kappa shape index (κ2) is 7.09. The highest BCUT2D eigenvalue weighted by Gasteiger charge is 2.24. The summed E-state index contributed by atoms with van der Waals surface area (Å²) in [5, 5.41) is 3.98. The van der Waals surface area contributed by atoms with Crippen LogP contribution in [0.15, 0.2) is 56.8 Å². The first kappa shape index (κ1) is 16.6. The van der Waals surface area contributed by atoms with Crippen molar-refractivity contribution in [1.82, 2.24) is 5.32 Å². The van der Waals surface area contributed by atoms with E-state index in [9.17, 15) is 4.79 Å². The van der Waals surface area contributed by atoms with Crippen LogP contribution in [0.4, 0.5) is 5.69 Å². The lowest BCUT2D eigenvalue weighted by Crippen LogP contribution is -2.19. The summed E-state index contributed by atoms with van der Waals surface area (Å²) in [4.78, 5) is 17.0. The van der Waals surface area contributed by atoms with E-state index < -0.39 is 0 Å². The zero-order valence-corrected chi connectivity index (χ0v) is 15.4. The van der Waals surface area contributed by atoms with Crippen molar-refractivity contribution >= 4 is 73.7 Å². The highest BCUT2D eigenvalue weighted by atomic mass is 79.9. The van der Waals surface area contributed by atoms with Crippen molar-refractivity contribution in [3.05, 3.63) is 67.5 Å². The minimum atomic E-state index is -0.188. The van der Waals surface area contributed by atoms with Gasteiger partial charge in [-0.15, -0.1) is 0 Å². The summed E-state index contributed by atoms with van der Waals surface area (Å²) in [7, 11) is 0. The number of hydrogen-bond acceptors (Lipinski definition) is 3. The van der Waals surface area contributed by atoms with Crippen molar-refractivity contribution in [2.75, 3.05) is 0 Å². The zero-order valence-electron chi connectivity index (χ0n) is 11.5. The Morgan fingerprint density at radius 3 is 2.74 bits per heavy atom. The molecular formula is C16H9BrCl2N2OS. The van der Waals surface area contributed by atoms with E-state index in [2.05, 4.69) is 26.2 Å². The van der Waals surface area contributed by atoms with Gasteiger partial charge in [-0.2, -0.15) is 0 Å². The van der Waals surface area contributed by atoms with Crippen molar-refractivity contribution < 1.29 is 4.79 Å². The Morgan fingerprint density at radius 2 is 1.96 bits per heavy atom. The molecule has 0 saturated carbocycles. The van der Waals surface area contributed by atoms with E-state index in [1.165, 1.54) is 11.8 Å². The van der Waals surface area contributed by atoms with E-state index in [1.807, 2.05) is 30.3 Å². The predicted molar refractivity (Wildman–Crippen MR) is 101 cm³/mol. The van der Waals surface area contributed by atoms with Gasteiger partial charge in [-0.3, -0.25) is 4.79 Å². The van der Waals surface area contributed by atoms with Crippen molar-refractivity contribution in [2.45, 2.75) is 0 Å². The first-order valence-corrected chi connectivity index (χ1v) is 8.88. The predicted octanol–water partition coefficient (Wildman–Crippen LogP) is 5.65. The van der Waals surface area contributed by atoms with Crippen molar-refractivity contribution in [2.24, 2.45) is 4.99 Å². The van der Waals surface area contributed by atoms with Gasteiger partial charge >= 0.3 is 0 Å². The molecule has 1 N–H and O–H groups in total. The molecule has 0 radical (unpaired) electrons. The summed E-state index contributed by atoms with van der Waals surface area (Å²) in [6, 6.07) is 12.9. The average Bonchev–Trinajstić information content (AvgIpc) is 2.84. The quantitative estimate of drug-likeness (QED) is 0.629. The third-order valence-electron chi connectivity index (χ3n) is 2.95. The molecule has 0 bridgehead atoms. The molecule has 0 spiro atoms. The molecule has 1 heterocycles. The lowest BCUT2D eigenvalue weighted by atomic mass is 10.2. The maximum Gasteiger partial charge on any atom is 0.264 e. The number of halogens is 3. The van der Waals surface area contributed by atoms with Gasteiger partial charge in [-0.1, -0.05) is 57.3 Å². The standard InChI is InChI=1S/C16H9BrCl2N2OS/c17-10-4-1-3-9(7-10)8-13-15(22)21-16(23-13)20-12-6-2-5-11(18)14(12)19/h1-8H,(H,20,21,22). The Morgan fingerprint density at radius 1 is 1.17 bits per heavy atom. The summed E-state index contributed by atoms with van der Waals surface area (Å²) in [5.74, 6) is -0.188. The van der Waals surface area contributed by atoms with Crippen LogP contribution in [0.3, 0.4) is 0 Å². The highest BCUT2D eigenvalue weighted by Crippen LogP contribution is 2.34. The van der Waals surface area contributed by atoms with Gasteiger partial charge in [0.1, 0.15) is 0 Å². The summed E-state index contributed by atoms with van der Waals surface area (Å²) < 4.78 is 0.954. The van der Waals surface area contributed by atoms with E-state index in [0.29, 0.717) is 25.8 Å². The number of thioether (sulfide) groups is 1. The molecule has 0 atom stereocenters. The van der Waals surface area contributed by atoms with Crippen molar-refractivity contribution in [1.29, 1.82) is 0 Å². The maximum atomic E-state index is 12.1. The van der Waals surface area contributed by atoms with Gasteiger partial charge in [0, 0.05) is 4.47 Å². The van der Waals surface area contributed by atoms with Gasteiger partial charge < -0.3 is 5.32 Å². The van der Waals surface area contributed by atoms with Crippen LogP contribution in [-0.4, -0.2) is 11.1 Å². The Labute approximate surface area is 155 Å². The molecule has 23 heavy (non-hydrogen) atoms. The van der Waals surface area contributed by atoms with Crippen LogP contribution in [0.1, 0.15) is 5.56 Å². The lowest BCUT2D eigenvalue weighted by molar-refractivity contribution is -0.115. The Balaban J connectivity index is 1.88. The molecule has 0 unspecified atom stereocenters. The third-order valence-corrected chi connectivity index (χ3v) is 5.16. The van der Waals surface area contributed by atoms with Crippen LogP contribution in [0.25, 0.3) is 6.08 Å². The van der Waals surface area contributed by atoms with Gasteiger partial charge in [-0.05, 0) is 47.7 Å². The van der Waals surface area contributed by atoms with Crippen LogP contribution in [0.5, 0.6) is 0 Å². The van der Waals surface area contributed by atoms with Crippen LogP contribution in [0.2, 0.25) is 10.0 Å². The number of carbonyl (C=O) groups is 1. The van der Waals surface area contributed by atoms with Gasteiger partial charge in [0.05, 0.1) is 20.6 Å². The molecule has 0 aromatic heterocycles. The van der Waals surface area contributed by atoms with Crippen molar-refractivity contribution in [3.63, 3.8) is 0 Å². The van der Waals surface area contributed by atoms with E-state index in [1.54, 1.807) is 18.2 Å². The fraction of sp³-hybridized carbons (Fsp3) is 0. The van der Waals surface area contributed by atoms with E-state index in [4.69, 9.17) is 23.2 Å². The fourth-order valence-electron chi connectivity index (χ4n) is 1.92. The molecule has 2 aromatic rings. The molecular weight excluding hydrogens is 419 g/mol. The SMILES string of the molecule is O=C1NC(=Nc2cccc(Cl)c2Cl)SC1=Cc1cccc(Br)c1. The molecule has 1 amide bonds. The van der Waals surface area contributed by atoms with Crippen molar-refractivity contribution in [3.8, 4) is 0 Å². The summed E-state index contributed by atoms with van der Waals surface area (Å²) >= 11 is 16.8. The Hall–Kier alpha value is -1.27. The number of benzene rings is 2. The van der Waals surface area contributed by atoms with Gasteiger partial charge in [0.15, 0.2) is 5.17 Å². The van der Waals surface area contributed by atoms with E-state index in [0.717, 1.165) is 10.0 Å². The molecule has 2 aromatic carbocycles. The third kappa shape index (κ3) is 3.98. The normalized spacial score (nSPS) is 17.8. The van der Waals surface area contributed by atoms with Crippen LogP contribution >= 0.6 is 50.9 Å². The molecule has 1 aliphatic rings. The number of hydrogen-bond donors (Lipinski definition) is 1. The fourth-order valence-corrected chi connectivity index (χ4v) is 3.51. The molecule has 1 aliphatic heterocycles. The number of amides is 1. The largest absolute Gasteiger partial charge is 0.300 e. The number of rotatable bonds is 2. The second-order valence-electron chi connectivity index (χ2n) is 4.61. The molecule has 1 fully saturated rings. The molecule has 1 saturated heterocycles. The van der Waals surface area contributed by atoms with Crippen LogP contribution in [0, 0.1) is 0 Å². The van der Waals surface area contributed by atoms with E-state index >= 15 is 0 Å². The number of carbonyl (C=O) groups excluding carboxylic acids is 1. The number of nitrogens with zero attached hydrogens (tertiary/aromatic N) is 1. The monoisotopic (exact) mass is 426 g/mol. The Kier molecular flexibility index (Phi) is 5.11. The molecule has 116 valence electrons.